The highest BCUT2D eigenvalue weighted by atomic mass is 35.5. The molecule has 0 fully saturated rings. The Morgan fingerprint density at radius 1 is 1.07 bits per heavy atom. The summed E-state index contributed by atoms with van der Waals surface area (Å²) >= 11 is 8.97. The highest BCUT2D eigenvalue weighted by molar-refractivity contribution is 8.00. The van der Waals surface area contributed by atoms with Crippen LogP contribution in [0.2, 0.25) is 5.02 Å². The van der Waals surface area contributed by atoms with Crippen molar-refractivity contribution in [2.24, 2.45) is 0 Å². The fraction of sp³-hybridized carbons (Fsp3) is 0.0500. The van der Waals surface area contributed by atoms with E-state index in [9.17, 15) is 4.79 Å². The minimum atomic E-state index is -0.104. The zero-order valence-corrected chi connectivity index (χ0v) is 16.4. The van der Waals surface area contributed by atoms with E-state index >= 15 is 0 Å². The Bertz CT molecular complexity index is 1100. The van der Waals surface area contributed by atoms with Gasteiger partial charge in [0, 0.05) is 21.0 Å². The minimum absolute atomic E-state index is 0.104. The maximum atomic E-state index is 12.2. The molecule has 27 heavy (non-hydrogen) atoms. The Balaban J connectivity index is 1.50. The maximum Gasteiger partial charge on any atom is 0.234 e. The van der Waals surface area contributed by atoms with E-state index < -0.39 is 0 Å². The molecule has 2 aromatic heterocycles. The van der Waals surface area contributed by atoms with Crippen molar-refractivity contribution >= 4 is 56.5 Å². The molecule has 0 radical (unpaired) electrons. The van der Waals surface area contributed by atoms with Crippen LogP contribution in [0.5, 0.6) is 0 Å². The molecule has 0 bridgehead atoms. The van der Waals surface area contributed by atoms with Crippen LogP contribution < -0.4 is 5.32 Å². The van der Waals surface area contributed by atoms with Gasteiger partial charge in [-0.2, -0.15) is 0 Å². The summed E-state index contributed by atoms with van der Waals surface area (Å²) in [7, 11) is 0. The lowest BCUT2D eigenvalue weighted by atomic mass is 10.2. The van der Waals surface area contributed by atoms with Crippen molar-refractivity contribution in [1.82, 2.24) is 9.97 Å². The van der Waals surface area contributed by atoms with Gasteiger partial charge in [0.1, 0.15) is 16.2 Å². The molecule has 4 rings (SSSR count). The van der Waals surface area contributed by atoms with E-state index in [-0.39, 0.29) is 11.7 Å². The van der Waals surface area contributed by atoms with Crippen molar-refractivity contribution in [2.45, 2.75) is 5.03 Å². The number of hydrogen-bond donors (Lipinski definition) is 1. The second-order valence-corrected chi connectivity index (χ2v) is 8.15. The number of nitrogens with zero attached hydrogens (tertiary/aromatic N) is 2. The van der Waals surface area contributed by atoms with Crippen LogP contribution in [-0.2, 0) is 4.79 Å². The summed E-state index contributed by atoms with van der Waals surface area (Å²) in [5.74, 6) is 0.155. The Labute approximate surface area is 169 Å². The van der Waals surface area contributed by atoms with Gasteiger partial charge in [-0.05, 0) is 29.8 Å². The first-order chi connectivity index (χ1) is 13.2. The van der Waals surface area contributed by atoms with Crippen LogP contribution in [0.15, 0.2) is 72.0 Å². The van der Waals surface area contributed by atoms with Gasteiger partial charge < -0.3 is 5.32 Å². The molecular formula is C20H14ClN3OS2. The summed E-state index contributed by atoms with van der Waals surface area (Å²) in [6.07, 6.45) is 1.55. The molecule has 0 aliphatic rings. The number of rotatable bonds is 5. The molecular weight excluding hydrogens is 398 g/mol. The summed E-state index contributed by atoms with van der Waals surface area (Å²) in [6, 6.07) is 19.4. The topological polar surface area (TPSA) is 54.9 Å². The molecule has 7 heteroatoms. The van der Waals surface area contributed by atoms with Crippen molar-refractivity contribution in [3.8, 4) is 10.4 Å². The Morgan fingerprint density at radius 3 is 2.74 bits per heavy atom. The average molecular weight is 412 g/mol. The maximum absolute atomic E-state index is 12.2. The van der Waals surface area contributed by atoms with E-state index in [1.807, 2.05) is 24.3 Å². The summed E-state index contributed by atoms with van der Waals surface area (Å²) in [5, 5.41) is 5.21. The van der Waals surface area contributed by atoms with E-state index in [1.54, 1.807) is 35.9 Å². The number of anilines is 1. The van der Waals surface area contributed by atoms with Crippen molar-refractivity contribution in [3.63, 3.8) is 0 Å². The van der Waals surface area contributed by atoms with Crippen LogP contribution in [-0.4, -0.2) is 21.6 Å². The molecule has 2 aromatic carbocycles. The number of hydrogen-bond acceptors (Lipinski definition) is 5. The molecule has 4 aromatic rings. The van der Waals surface area contributed by atoms with Gasteiger partial charge in [-0.25, -0.2) is 9.97 Å². The zero-order valence-electron chi connectivity index (χ0n) is 14.1. The van der Waals surface area contributed by atoms with E-state index in [1.165, 1.54) is 11.8 Å². The lowest BCUT2D eigenvalue weighted by Gasteiger charge is -2.05. The van der Waals surface area contributed by atoms with Crippen molar-refractivity contribution in [3.05, 3.63) is 72.0 Å². The van der Waals surface area contributed by atoms with Gasteiger partial charge in [-0.3, -0.25) is 4.79 Å². The number of aromatic nitrogens is 2. The highest BCUT2D eigenvalue weighted by Crippen LogP contribution is 2.36. The SMILES string of the molecule is O=C(CSc1ncnc2sc(-c3ccccc3)cc12)Nc1cccc(Cl)c1. The lowest BCUT2D eigenvalue weighted by Crippen LogP contribution is -2.14. The smallest absolute Gasteiger partial charge is 0.234 e. The van der Waals surface area contributed by atoms with Crippen molar-refractivity contribution in [2.75, 3.05) is 11.1 Å². The third-order valence-corrected chi connectivity index (χ3v) is 6.13. The normalized spacial score (nSPS) is 10.9. The van der Waals surface area contributed by atoms with Crippen LogP contribution in [0.3, 0.4) is 0 Å². The second-order valence-electron chi connectivity index (χ2n) is 5.72. The molecule has 1 N–H and O–H groups in total. The fourth-order valence-electron chi connectivity index (χ4n) is 2.59. The van der Waals surface area contributed by atoms with Gasteiger partial charge in [0.25, 0.3) is 0 Å². The van der Waals surface area contributed by atoms with Crippen molar-refractivity contribution in [1.29, 1.82) is 0 Å². The molecule has 0 spiro atoms. The predicted molar refractivity (Wildman–Crippen MR) is 114 cm³/mol. The largest absolute Gasteiger partial charge is 0.325 e. The molecule has 0 aliphatic heterocycles. The fourth-order valence-corrected chi connectivity index (χ4v) is 4.62. The Hall–Kier alpha value is -2.41. The number of thioether (sulfide) groups is 1. The van der Waals surface area contributed by atoms with Gasteiger partial charge in [0.15, 0.2) is 0 Å². The van der Waals surface area contributed by atoms with Crippen LogP contribution in [0.4, 0.5) is 5.69 Å². The third kappa shape index (κ3) is 4.30. The quantitative estimate of drug-likeness (QED) is 0.336. The van der Waals surface area contributed by atoms with Crippen LogP contribution in [0.25, 0.3) is 20.7 Å². The number of thiophene rings is 1. The van der Waals surface area contributed by atoms with Gasteiger partial charge in [-0.1, -0.05) is 59.8 Å². The summed E-state index contributed by atoms with van der Waals surface area (Å²) in [5.41, 5.74) is 1.83. The molecule has 0 atom stereocenters. The molecule has 0 saturated carbocycles. The first kappa shape index (κ1) is 18.0. The number of carbonyl (C=O) groups is 1. The number of fused-ring (bicyclic) bond motifs is 1. The van der Waals surface area contributed by atoms with E-state index in [4.69, 9.17) is 11.6 Å². The molecule has 0 saturated heterocycles. The number of benzene rings is 2. The van der Waals surface area contributed by atoms with Gasteiger partial charge in [0.2, 0.25) is 5.91 Å². The average Bonchev–Trinajstić information content (AvgIpc) is 3.12. The van der Waals surface area contributed by atoms with Crippen molar-refractivity contribution < 1.29 is 4.79 Å². The van der Waals surface area contributed by atoms with E-state index in [0.717, 1.165) is 25.7 Å². The standard InChI is InChI=1S/C20H14ClN3OS2/c21-14-7-4-8-15(9-14)24-18(25)11-26-19-16-10-17(13-5-2-1-3-6-13)27-20(16)23-12-22-19/h1-10,12H,11H2,(H,24,25). The number of nitrogens with one attached hydrogen (secondary N) is 1. The van der Waals surface area contributed by atoms with Gasteiger partial charge in [0.05, 0.1) is 5.75 Å². The monoisotopic (exact) mass is 411 g/mol. The summed E-state index contributed by atoms with van der Waals surface area (Å²) in [6.45, 7) is 0. The van der Waals surface area contributed by atoms with Crippen LogP contribution in [0, 0.1) is 0 Å². The molecule has 1 amide bonds. The Morgan fingerprint density at radius 2 is 1.93 bits per heavy atom. The lowest BCUT2D eigenvalue weighted by molar-refractivity contribution is -0.113. The highest BCUT2D eigenvalue weighted by Gasteiger charge is 2.12. The van der Waals surface area contributed by atoms with E-state index in [0.29, 0.717) is 10.7 Å². The molecule has 134 valence electrons. The number of halogens is 1. The number of carbonyl (C=O) groups excluding carboxylic acids is 1. The number of amides is 1. The van der Waals surface area contributed by atoms with Crippen LogP contribution in [0.1, 0.15) is 0 Å². The van der Waals surface area contributed by atoms with Crippen LogP contribution >= 0.6 is 34.7 Å². The van der Waals surface area contributed by atoms with Gasteiger partial charge >= 0.3 is 0 Å². The summed E-state index contributed by atoms with van der Waals surface area (Å²) in [4.78, 5) is 23.0. The third-order valence-electron chi connectivity index (χ3n) is 3.80. The predicted octanol–water partition coefficient (Wildman–Crippen LogP) is 5.74. The summed E-state index contributed by atoms with van der Waals surface area (Å²) < 4.78 is 0. The minimum Gasteiger partial charge on any atom is -0.325 e. The first-order valence-electron chi connectivity index (χ1n) is 8.17. The second kappa shape index (κ2) is 8.08. The van der Waals surface area contributed by atoms with Gasteiger partial charge in [-0.15, -0.1) is 11.3 Å². The molecule has 0 aliphatic carbocycles. The molecule has 4 nitrogen and oxygen atoms in total. The first-order valence-corrected chi connectivity index (χ1v) is 10.4. The molecule has 0 unspecified atom stereocenters. The van der Waals surface area contributed by atoms with E-state index in [2.05, 4.69) is 33.5 Å². The molecule has 2 heterocycles. The zero-order chi connectivity index (χ0) is 18.6. The Kier molecular flexibility index (Phi) is 5.38.